The third-order valence-corrected chi connectivity index (χ3v) is 10.7. The van der Waals surface area contributed by atoms with Crippen LogP contribution in [0.3, 0.4) is 0 Å². The average Bonchev–Trinajstić information content (AvgIpc) is 3.59. The van der Waals surface area contributed by atoms with Crippen LogP contribution >= 0.6 is 0 Å². The molecule has 1 radical (unpaired) electrons. The maximum atomic E-state index is 8.34. The minimum absolute atomic E-state index is 0. The van der Waals surface area contributed by atoms with Crippen LogP contribution in [0.4, 0.5) is 0 Å². The van der Waals surface area contributed by atoms with Crippen molar-refractivity contribution in [1.82, 2.24) is 9.97 Å². The molecule has 3 nitrogen and oxygen atoms in total. The van der Waals surface area contributed by atoms with Crippen molar-refractivity contribution in [1.29, 1.82) is 0 Å². The Balaban J connectivity index is 0.000000298. The van der Waals surface area contributed by atoms with Crippen molar-refractivity contribution in [3.8, 4) is 44.8 Å². The number of aromatic nitrogens is 2. The minimum Gasteiger partial charge on any atom is -0.500 e. The molecule has 5 aromatic carbocycles. The minimum atomic E-state index is -2.51. The van der Waals surface area contributed by atoms with Gasteiger partial charge < -0.3 is 14.4 Å². The smallest absolute Gasteiger partial charge is 0.128 e. The second-order valence-corrected chi connectivity index (χ2v) is 18.2. The topological polar surface area (TPSA) is 38.9 Å². The summed E-state index contributed by atoms with van der Waals surface area (Å²) in [7, 11) is -1.85. The molecule has 51 heavy (non-hydrogen) atoms. The Labute approximate surface area is 328 Å². The van der Waals surface area contributed by atoms with Gasteiger partial charge in [-0.15, -0.1) is 54.1 Å². The third kappa shape index (κ3) is 7.57. The first kappa shape index (κ1) is 25.9. The van der Waals surface area contributed by atoms with E-state index in [4.69, 9.17) is 16.8 Å². The zero-order chi connectivity index (χ0) is 42.3. The van der Waals surface area contributed by atoms with E-state index >= 15 is 0 Å². The number of fused-ring (bicyclic) bond motifs is 3. The van der Waals surface area contributed by atoms with Crippen LogP contribution in [0.2, 0.25) is 19.6 Å². The molecule has 3 heterocycles. The second-order valence-electron chi connectivity index (χ2n) is 13.1. The zero-order valence-electron chi connectivity index (χ0n) is 37.3. The number of benzene rings is 5. The van der Waals surface area contributed by atoms with Gasteiger partial charge in [-0.3, -0.25) is 0 Å². The molecule has 5 heteroatoms. The fourth-order valence-corrected chi connectivity index (χ4v) is 7.13. The number of hydrogen-bond donors (Lipinski definition) is 0. The number of para-hydroxylation sites is 1. The molecule has 0 atom stereocenters. The molecule has 0 spiro atoms. The van der Waals surface area contributed by atoms with Crippen LogP contribution in [0.1, 0.15) is 29.0 Å². The van der Waals surface area contributed by atoms with Crippen molar-refractivity contribution in [3.63, 3.8) is 0 Å². The Morgan fingerprint density at radius 2 is 1.41 bits per heavy atom. The molecule has 0 unspecified atom stereocenters. The number of pyridine rings is 2. The molecule has 8 aromatic rings. The Bertz CT molecular complexity index is 2760. The van der Waals surface area contributed by atoms with E-state index < -0.39 is 28.6 Å². The molecule has 0 aliphatic rings. The molecule has 8 rings (SSSR count). The van der Waals surface area contributed by atoms with Gasteiger partial charge in [0.05, 0.1) is 13.7 Å². The molecule has 0 fully saturated rings. The van der Waals surface area contributed by atoms with Gasteiger partial charge in [-0.25, -0.2) is 0 Å². The monoisotopic (exact) mass is 866 g/mol. The van der Waals surface area contributed by atoms with Gasteiger partial charge in [-0.1, -0.05) is 121 Å². The quantitative estimate of drug-likeness (QED) is 0.128. The summed E-state index contributed by atoms with van der Waals surface area (Å²) in [6, 6.07) is 43.9. The SMILES string of the molecule is [2H]C([2H])([2H])c1ccc(-c2[c-]cccc2)nc1.[2H]C([2H])([2H])c1cnc(-c2[c-]ccc3c2oc2c(-c4ccccc4)cccc23)cc1-c1ccc([Si](C)(C)C)cc1C([2H])([2H])[2H].[Ir]. The average molecular weight is 866 g/mol. The van der Waals surface area contributed by atoms with Crippen molar-refractivity contribution in [2.45, 2.75) is 40.2 Å². The summed E-state index contributed by atoms with van der Waals surface area (Å²) in [6.45, 7) is -0.598. The second kappa shape index (κ2) is 15.1. The van der Waals surface area contributed by atoms with Crippen LogP contribution in [0.5, 0.6) is 0 Å². The van der Waals surface area contributed by atoms with Gasteiger partial charge in [0.25, 0.3) is 0 Å². The van der Waals surface area contributed by atoms with Crippen LogP contribution < -0.4 is 5.19 Å². The molecule has 0 amide bonds. The number of rotatable bonds is 5. The number of furan rings is 1. The molecule has 0 aliphatic carbocycles. The molecular formula is C46H40IrN2OSi-2. The van der Waals surface area contributed by atoms with E-state index in [0.29, 0.717) is 28.0 Å². The van der Waals surface area contributed by atoms with E-state index in [1.165, 1.54) is 12.4 Å². The third-order valence-electron chi connectivity index (χ3n) is 8.63. The van der Waals surface area contributed by atoms with E-state index in [-0.39, 0.29) is 36.8 Å². The zero-order valence-corrected chi connectivity index (χ0v) is 31.7. The Kier molecular flexibility index (Phi) is 7.69. The van der Waals surface area contributed by atoms with Gasteiger partial charge in [0.15, 0.2) is 0 Å². The number of aryl methyl sites for hydroxylation is 3. The van der Waals surface area contributed by atoms with Crippen molar-refractivity contribution in [2.75, 3.05) is 0 Å². The summed E-state index contributed by atoms with van der Waals surface area (Å²) in [5, 5.41) is 2.81. The Morgan fingerprint density at radius 3 is 2.14 bits per heavy atom. The summed E-state index contributed by atoms with van der Waals surface area (Å²) in [6.07, 6.45) is 2.72. The first-order valence-corrected chi connectivity index (χ1v) is 19.8. The normalized spacial score (nSPS) is 14.5. The summed E-state index contributed by atoms with van der Waals surface area (Å²) in [5.74, 6) is 0. The van der Waals surface area contributed by atoms with Crippen molar-refractivity contribution >= 4 is 35.2 Å². The summed E-state index contributed by atoms with van der Waals surface area (Å²) < 4.78 is 78.0. The molecule has 3 aromatic heterocycles. The van der Waals surface area contributed by atoms with Crippen molar-refractivity contribution < 1.29 is 36.9 Å². The predicted octanol–water partition coefficient (Wildman–Crippen LogP) is 11.8. The fourth-order valence-electron chi connectivity index (χ4n) is 5.97. The van der Waals surface area contributed by atoms with Crippen molar-refractivity contribution in [3.05, 3.63) is 163 Å². The summed E-state index contributed by atoms with van der Waals surface area (Å²) in [4.78, 5) is 8.69. The largest absolute Gasteiger partial charge is 0.500 e. The Morgan fingerprint density at radius 1 is 0.608 bits per heavy atom. The van der Waals surface area contributed by atoms with E-state index in [1.54, 1.807) is 42.5 Å². The summed E-state index contributed by atoms with van der Waals surface area (Å²) in [5.41, 5.74) is 6.95. The standard InChI is InChI=1S/C34H30NOSi.C12H10N.Ir/c1-22-19-25(37(3,4)5)17-18-26(22)31-20-32(35-21-23(31)2)30-16-10-15-29-28-14-9-13-27(33(28)36-34(29)30)24-11-7-6-8-12-24;1-10-7-8-12(13-9-10)11-5-3-2-4-6-11;/h6-15,17-21H,1-5H3;2-5,7-9H,1H3;/q2*-1;/i1D3,2D3;1D3;. The van der Waals surface area contributed by atoms with E-state index in [2.05, 4.69) is 41.7 Å². The fraction of sp³-hybridized carbons (Fsp3) is 0.130. The maximum absolute atomic E-state index is 8.34. The maximum Gasteiger partial charge on any atom is 0.128 e. The van der Waals surface area contributed by atoms with E-state index in [0.717, 1.165) is 43.9 Å². The van der Waals surface area contributed by atoms with Gasteiger partial charge in [0, 0.05) is 55.8 Å². The van der Waals surface area contributed by atoms with Crippen molar-refractivity contribution in [2.24, 2.45) is 0 Å². The molecule has 0 bridgehead atoms. The Hall–Kier alpha value is -4.93. The van der Waals surface area contributed by atoms with Crippen LogP contribution in [0, 0.1) is 32.7 Å². The molecule has 255 valence electrons. The first-order valence-electron chi connectivity index (χ1n) is 20.8. The first-order chi connectivity index (χ1) is 27.8. The van der Waals surface area contributed by atoms with Gasteiger partial charge in [0.1, 0.15) is 5.58 Å². The van der Waals surface area contributed by atoms with Crippen LogP contribution in [0.15, 0.2) is 138 Å². The molecule has 0 aliphatic heterocycles. The van der Waals surface area contributed by atoms with Crippen LogP contribution in [-0.4, -0.2) is 18.0 Å². The number of nitrogens with zero attached hydrogens (tertiary/aromatic N) is 2. The molecular weight excluding hydrogens is 817 g/mol. The van der Waals surface area contributed by atoms with Crippen LogP contribution in [-0.2, 0) is 20.1 Å². The van der Waals surface area contributed by atoms with Crippen LogP contribution in [0.25, 0.3) is 66.7 Å². The molecule has 0 saturated carbocycles. The predicted molar refractivity (Wildman–Crippen MR) is 212 cm³/mol. The number of hydrogen-bond acceptors (Lipinski definition) is 3. The van der Waals surface area contributed by atoms with Gasteiger partial charge in [-0.05, 0) is 65.3 Å². The molecule has 0 saturated heterocycles. The van der Waals surface area contributed by atoms with Gasteiger partial charge >= 0.3 is 0 Å². The van der Waals surface area contributed by atoms with Gasteiger partial charge in [0.2, 0.25) is 0 Å². The van der Waals surface area contributed by atoms with E-state index in [9.17, 15) is 0 Å². The van der Waals surface area contributed by atoms with E-state index in [1.807, 2.05) is 78.9 Å². The molecule has 0 N–H and O–H groups in total. The summed E-state index contributed by atoms with van der Waals surface area (Å²) >= 11 is 0. The van der Waals surface area contributed by atoms with Gasteiger partial charge in [-0.2, -0.15) is 0 Å².